The number of halogens is 4. The van der Waals surface area contributed by atoms with Crippen molar-refractivity contribution in [2.75, 3.05) is 52.4 Å². The van der Waals surface area contributed by atoms with Crippen molar-refractivity contribution >= 4 is 29.4 Å². The molecule has 0 heterocycles. The maximum Gasteiger partial charge on any atom is 0.419 e. The first-order valence-electron chi connectivity index (χ1n) is 17.3. The highest BCUT2D eigenvalue weighted by Gasteiger charge is 2.35. The topological polar surface area (TPSA) is 246 Å². The molecule has 0 saturated heterocycles. The minimum atomic E-state index is -4.94. The first-order valence-corrected chi connectivity index (χ1v) is 17.3. The number of ketones is 1. The molecule has 0 bridgehead atoms. The van der Waals surface area contributed by atoms with Crippen LogP contribution in [0, 0.1) is 5.82 Å². The predicted molar refractivity (Wildman–Crippen MR) is 190 cm³/mol. The van der Waals surface area contributed by atoms with Gasteiger partial charge < -0.3 is 49.1 Å². The van der Waals surface area contributed by atoms with E-state index in [-0.39, 0.29) is 77.2 Å². The lowest BCUT2D eigenvalue weighted by Gasteiger charge is -2.27. The van der Waals surface area contributed by atoms with Gasteiger partial charge in [-0.25, -0.2) is 4.39 Å². The van der Waals surface area contributed by atoms with E-state index in [1.54, 1.807) is 30.3 Å². The van der Waals surface area contributed by atoms with Gasteiger partial charge in [-0.3, -0.25) is 24.0 Å². The number of carbonyl (C=O) groups excluding carboxylic acids is 5. The Labute approximate surface area is 306 Å². The van der Waals surface area contributed by atoms with Crippen LogP contribution in [-0.2, 0) is 43.0 Å². The third-order valence-corrected chi connectivity index (χ3v) is 8.31. The van der Waals surface area contributed by atoms with Gasteiger partial charge in [0.15, 0.2) is 5.78 Å². The van der Waals surface area contributed by atoms with Crippen molar-refractivity contribution in [2.45, 2.75) is 62.8 Å². The number of aryl methyl sites for hydroxylation is 2. The molecule has 294 valence electrons. The second kappa shape index (κ2) is 22.5. The van der Waals surface area contributed by atoms with Gasteiger partial charge in [0.25, 0.3) is 0 Å². The molecule has 0 aliphatic heterocycles. The molecule has 2 rings (SSSR count). The Bertz CT molecular complexity index is 1490. The first-order chi connectivity index (χ1) is 25.1. The van der Waals surface area contributed by atoms with Gasteiger partial charge in [-0.1, -0.05) is 36.4 Å². The Kier molecular flexibility index (Phi) is 19.0. The van der Waals surface area contributed by atoms with E-state index in [0.29, 0.717) is 18.6 Å². The number of nitrogens with zero attached hydrogens (tertiary/aromatic N) is 2. The molecule has 0 spiro atoms. The van der Waals surface area contributed by atoms with Gasteiger partial charge in [-0.2, -0.15) is 13.2 Å². The van der Waals surface area contributed by atoms with Crippen LogP contribution in [0.1, 0.15) is 42.4 Å². The maximum absolute atomic E-state index is 13.9. The minimum Gasteiger partial charge on any atom is -0.344 e. The van der Waals surface area contributed by atoms with Crippen molar-refractivity contribution in [2.24, 2.45) is 28.7 Å². The molecule has 53 heavy (non-hydrogen) atoms. The molecule has 2 aromatic rings. The van der Waals surface area contributed by atoms with Gasteiger partial charge in [-0.15, -0.1) is 0 Å². The van der Waals surface area contributed by atoms with E-state index in [9.17, 15) is 41.5 Å². The van der Waals surface area contributed by atoms with Crippen molar-refractivity contribution in [3.63, 3.8) is 0 Å². The molecule has 4 amide bonds. The van der Waals surface area contributed by atoms with E-state index >= 15 is 0 Å². The Balaban J connectivity index is 2.35. The number of benzene rings is 2. The lowest BCUT2D eigenvalue weighted by Crippen LogP contribution is -2.56. The Morgan fingerprint density at radius 1 is 0.679 bits per heavy atom. The summed E-state index contributed by atoms with van der Waals surface area (Å²) in [6, 6.07) is 7.18. The SMILES string of the molecule is NCCN(CCN)C(=O)C[C@H](NC(=O)[C@@H](N)CC(=O)N(CCN)CCN)C(=O)N[C@@H](CCc1ccccc1)C(=O)CCc1ccc(F)c(C(F)(F)F)c1. The molecule has 0 saturated carbocycles. The quantitative estimate of drug-likeness (QED) is 0.0721. The number of nitrogens with two attached hydrogens (primary N) is 5. The third kappa shape index (κ3) is 15.2. The van der Waals surface area contributed by atoms with E-state index in [2.05, 4.69) is 10.6 Å². The number of alkyl halides is 3. The molecule has 0 radical (unpaired) electrons. The number of hydrogen-bond donors (Lipinski definition) is 7. The van der Waals surface area contributed by atoms with E-state index in [0.717, 1.165) is 11.6 Å². The van der Waals surface area contributed by atoms with Crippen molar-refractivity contribution in [1.29, 1.82) is 0 Å². The molecule has 0 aliphatic carbocycles. The lowest BCUT2D eigenvalue weighted by molar-refractivity contribution is -0.140. The summed E-state index contributed by atoms with van der Waals surface area (Å²) in [7, 11) is 0. The monoisotopic (exact) mass is 753 g/mol. The highest BCUT2D eigenvalue weighted by molar-refractivity contribution is 5.97. The maximum atomic E-state index is 13.9. The first kappa shape index (κ1) is 44.7. The molecule has 18 heteroatoms. The molecule has 0 unspecified atom stereocenters. The Hall–Kier alpha value is -4.49. The van der Waals surface area contributed by atoms with Crippen LogP contribution in [0.4, 0.5) is 17.6 Å². The highest BCUT2D eigenvalue weighted by atomic mass is 19.4. The molecule has 12 N–H and O–H groups in total. The molecule has 2 aromatic carbocycles. The number of amides is 4. The van der Waals surface area contributed by atoms with E-state index in [1.807, 2.05) is 0 Å². The summed E-state index contributed by atoms with van der Waals surface area (Å²) in [5.74, 6) is -4.96. The second-order valence-corrected chi connectivity index (χ2v) is 12.4. The zero-order valence-electron chi connectivity index (χ0n) is 29.6. The summed E-state index contributed by atoms with van der Waals surface area (Å²) in [4.78, 5) is 69.5. The van der Waals surface area contributed by atoms with Gasteiger partial charge in [0.1, 0.15) is 11.9 Å². The summed E-state index contributed by atoms with van der Waals surface area (Å²) in [5.41, 5.74) is 27.9. The van der Waals surface area contributed by atoms with Gasteiger partial charge in [-0.05, 0) is 42.5 Å². The fraction of sp³-hybridized carbons (Fsp3) is 0.514. The molecule has 0 aliphatic rings. The van der Waals surface area contributed by atoms with Crippen LogP contribution in [0.25, 0.3) is 0 Å². The van der Waals surface area contributed by atoms with Gasteiger partial charge in [0.2, 0.25) is 23.6 Å². The molecular weight excluding hydrogens is 702 g/mol. The zero-order chi connectivity index (χ0) is 39.6. The lowest BCUT2D eigenvalue weighted by atomic mass is 9.96. The normalized spacial score (nSPS) is 13.1. The van der Waals surface area contributed by atoms with Crippen molar-refractivity contribution in [1.82, 2.24) is 20.4 Å². The van der Waals surface area contributed by atoms with Crippen molar-refractivity contribution in [3.05, 3.63) is 71.0 Å². The number of Topliss-reactive ketones (excluding diaryl/α,β-unsaturated/α-hetero) is 1. The summed E-state index contributed by atoms with van der Waals surface area (Å²) in [6.07, 6.45) is -6.15. The predicted octanol–water partition coefficient (Wildman–Crippen LogP) is -0.452. The number of carbonyl (C=O) groups is 5. The largest absolute Gasteiger partial charge is 0.419 e. The van der Waals surface area contributed by atoms with Crippen LogP contribution in [0.15, 0.2) is 48.5 Å². The molecule has 3 atom stereocenters. The average Bonchev–Trinajstić information content (AvgIpc) is 3.12. The van der Waals surface area contributed by atoms with Crippen molar-refractivity contribution in [3.8, 4) is 0 Å². The van der Waals surface area contributed by atoms with E-state index in [1.165, 1.54) is 9.80 Å². The summed E-state index contributed by atoms with van der Waals surface area (Å²) in [5, 5.41) is 5.04. The molecule has 14 nitrogen and oxygen atoms in total. The van der Waals surface area contributed by atoms with Crippen molar-refractivity contribution < 1.29 is 41.5 Å². The zero-order valence-corrected chi connectivity index (χ0v) is 29.6. The summed E-state index contributed by atoms with van der Waals surface area (Å²) in [6.45, 7) is 0.988. The fourth-order valence-corrected chi connectivity index (χ4v) is 5.48. The van der Waals surface area contributed by atoms with Gasteiger partial charge >= 0.3 is 6.18 Å². The minimum absolute atomic E-state index is 0.0517. The van der Waals surface area contributed by atoms with E-state index < -0.39 is 77.9 Å². The standard InChI is InChI=1S/C35H51F4N9O5/c36-26-9-6-24(20-25(26)35(37,38)39)8-11-30(49)28(10-7-23-4-2-1-3-5-23)45-34(53)29(22-32(51)48(18-14-42)19-15-43)46-33(52)27(44)21-31(50)47(16-12-40)17-13-41/h1-6,9,20,27-29H,7-8,10-19,21-22,40-44H2,(H,45,53)(H,46,52)/t27-,28-,29-/m0/s1. The Morgan fingerprint density at radius 2 is 1.21 bits per heavy atom. The number of nitrogens with one attached hydrogen (secondary N) is 2. The van der Waals surface area contributed by atoms with Crippen LogP contribution in [-0.4, -0.2) is 110 Å². The molecule has 0 fully saturated rings. The van der Waals surface area contributed by atoms with Crippen LogP contribution in [0.5, 0.6) is 0 Å². The van der Waals surface area contributed by atoms with Crippen LogP contribution in [0.3, 0.4) is 0 Å². The fourth-order valence-electron chi connectivity index (χ4n) is 5.48. The summed E-state index contributed by atoms with van der Waals surface area (Å²) >= 11 is 0. The summed E-state index contributed by atoms with van der Waals surface area (Å²) < 4.78 is 53.8. The smallest absolute Gasteiger partial charge is 0.344 e. The molecular formula is C35H51F4N9O5. The third-order valence-electron chi connectivity index (χ3n) is 8.31. The van der Waals surface area contributed by atoms with Crippen LogP contribution < -0.4 is 39.3 Å². The van der Waals surface area contributed by atoms with Gasteiger partial charge in [0.05, 0.1) is 30.5 Å². The molecule has 0 aromatic heterocycles. The highest BCUT2D eigenvalue weighted by Crippen LogP contribution is 2.32. The van der Waals surface area contributed by atoms with Crippen LogP contribution in [0.2, 0.25) is 0 Å². The van der Waals surface area contributed by atoms with E-state index in [4.69, 9.17) is 28.7 Å². The van der Waals surface area contributed by atoms with Crippen LogP contribution >= 0.6 is 0 Å². The average molecular weight is 754 g/mol. The van der Waals surface area contributed by atoms with Gasteiger partial charge in [0, 0.05) is 58.8 Å². The number of hydrogen-bond acceptors (Lipinski definition) is 10. The number of rotatable bonds is 23. The second-order valence-electron chi connectivity index (χ2n) is 12.4. The Morgan fingerprint density at radius 3 is 1.74 bits per heavy atom.